The van der Waals surface area contributed by atoms with Gasteiger partial charge in [0.05, 0.1) is 4.92 Å². The van der Waals surface area contributed by atoms with Crippen molar-refractivity contribution in [3.8, 4) is 0 Å². The number of aryl methyl sites for hydroxylation is 1. The van der Waals surface area contributed by atoms with Crippen molar-refractivity contribution < 1.29 is 9.31 Å². The Labute approximate surface area is 113 Å². The summed E-state index contributed by atoms with van der Waals surface area (Å²) in [5.41, 5.74) is -0.0272. The van der Waals surface area contributed by atoms with Crippen LogP contribution in [0.15, 0.2) is 18.2 Å². The quantitative estimate of drug-likeness (QED) is 0.609. The van der Waals surface area contributed by atoms with Crippen molar-refractivity contribution in [1.82, 2.24) is 5.32 Å². The number of benzene rings is 1. The van der Waals surface area contributed by atoms with Gasteiger partial charge in [-0.25, -0.2) is 0 Å². The van der Waals surface area contributed by atoms with Crippen LogP contribution >= 0.6 is 0 Å². The van der Waals surface area contributed by atoms with E-state index in [0.717, 1.165) is 12.8 Å². The molecule has 0 radical (unpaired) electrons. The molecule has 19 heavy (non-hydrogen) atoms. The van der Waals surface area contributed by atoms with Crippen LogP contribution < -0.4 is 5.32 Å². The van der Waals surface area contributed by atoms with Gasteiger partial charge in [0.25, 0.3) is 0 Å². The molecule has 0 aliphatic heterocycles. The Kier molecular flexibility index (Phi) is 5.89. The summed E-state index contributed by atoms with van der Waals surface area (Å²) in [6, 6.07) is 4.65. The fraction of sp³-hybridized carbons (Fsp3) is 0.571. The summed E-state index contributed by atoms with van der Waals surface area (Å²) in [6.45, 7) is 4.27. The lowest BCUT2D eigenvalue weighted by atomic mass is 9.97. The maximum atomic E-state index is 13.9. The Balaban J connectivity index is 2.72. The largest absolute Gasteiger partial charge is 0.317 e. The fourth-order valence-electron chi connectivity index (χ4n) is 2.18. The van der Waals surface area contributed by atoms with Gasteiger partial charge in [0, 0.05) is 12.1 Å². The van der Waals surface area contributed by atoms with E-state index in [1.54, 1.807) is 6.07 Å². The van der Waals surface area contributed by atoms with Gasteiger partial charge in [-0.2, -0.15) is 4.39 Å². The number of nitrogens with zero attached hydrogens (tertiary/aromatic N) is 1. The molecule has 0 aromatic heterocycles. The van der Waals surface area contributed by atoms with Crippen molar-refractivity contribution >= 4 is 5.69 Å². The lowest BCUT2D eigenvalue weighted by Crippen LogP contribution is -2.27. The molecule has 0 aliphatic carbocycles. The van der Waals surface area contributed by atoms with Crippen molar-refractivity contribution in [1.29, 1.82) is 0 Å². The molecule has 1 aromatic rings. The molecule has 0 aliphatic rings. The van der Waals surface area contributed by atoms with Gasteiger partial charge in [0.1, 0.15) is 0 Å². The zero-order chi connectivity index (χ0) is 14.4. The Morgan fingerprint density at radius 3 is 2.63 bits per heavy atom. The summed E-state index contributed by atoms with van der Waals surface area (Å²) in [5, 5.41) is 13.9. The number of hydrogen-bond acceptors (Lipinski definition) is 3. The molecule has 1 unspecified atom stereocenters. The molecule has 0 fully saturated rings. The average molecular weight is 268 g/mol. The number of halogens is 1. The van der Waals surface area contributed by atoms with E-state index >= 15 is 0 Å². The number of rotatable bonds is 7. The van der Waals surface area contributed by atoms with Crippen molar-refractivity contribution in [3.05, 3.63) is 39.7 Å². The molecule has 0 saturated carbocycles. The second-order valence-electron chi connectivity index (χ2n) is 5.16. The lowest BCUT2D eigenvalue weighted by molar-refractivity contribution is -0.387. The Morgan fingerprint density at radius 1 is 1.42 bits per heavy atom. The summed E-state index contributed by atoms with van der Waals surface area (Å²) >= 11 is 0. The van der Waals surface area contributed by atoms with Gasteiger partial charge in [-0.15, -0.1) is 0 Å². The maximum absolute atomic E-state index is 13.9. The van der Waals surface area contributed by atoms with E-state index in [1.807, 2.05) is 7.05 Å². The highest BCUT2D eigenvalue weighted by Crippen LogP contribution is 2.22. The monoisotopic (exact) mass is 268 g/mol. The van der Waals surface area contributed by atoms with Gasteiger partial charge < -0.3 is 5.32 Å². The van der Waals surface area contributed by atoms with E-state index in [0.29, 0.717) is 23.9 Å². The minimum Gasteiger partial charge on any atom is -0.317 e. The van der Waals surface area contributed by atoms with Crippen molar-refractivity contribution in [2.75, 3.05) is 7.05 Å². The first-order valence-electron chi connectivity index (χ1n) is 6.54. The number of nitro groups is 1. The van der Waals surface area contributed by atoms with Crippen molar-refractivity contribution in [2.45, 2.75) is 39.2 Å². The van der Waals surface area contributed by atoms with Crippen molar-refractivity contribution in [3.63, 3.8) is 0 Å². The fourth-order valence-corrected chi connectivity index (χ4v) is 2.18. The molecule has 1 rings (SSSR count). The molecule has 1 aromatic carbocycles. The van der Waals surface area contributed by atoms with E-state index < -0.39 is 16.4 Å². The molecule has 4 nitrogen and oxygen atoms in total. The van der Waals surface area contributed by atoms with Gasteiger partial charge in [-0.05, 0) is 37.8 Å². The third-order valence-electron chi connectivity index (χ3n) is 3.18. The van der Waals surface area contributed by atoms with E-state index in [2.05, 4.69) is 19.2 Å². The zero-order valence-electron chi connectivity index (χ0n) is 11.6. The minimum atomic E-state index is -0.702. The van der Waals surface area contributed by atoms with Gasteiger partial charge in [0.15, 0.2) is 0 Å². The first-order chi connectivity index (χ1) is 8.95. The van der Waals surface area contributed by atoms with E-state index in [-0.39, 0.29) is 0 Å². The molecule has 0 heterocycles. The third kappa shape index (κ3) is 4.59. The summed E-state index contributed by atoms with van der Waals surface area (Å²) in [5.74, 6) is -0.140. The highest BCUT2D eigenvalue weighted by Gasteiger charge is 2.18. The van der Waals surface area contributed by atoms with Gasteiger partial charge in [0.2, 0.25) is 5.82 Å². The predicted octanol–water partition coefficient (Wildman–Crippen LogP) is 3.30. The molecule has 5 heteroatoms. The lowest BCUT2D eigenvalue weighted by Gasteiger charge is -2.18. The molecule has 0 amide bonds. The first-order valence-corrected chi connectivity index (χ1v) is 6.54. The van der Waals surface area contributed by atoms with Crippen LogP contribution in [-0.4, -0.2) is 18.0 Å². The topological polar surface area (TPSA) is 55.2 Å². The van der Waals surface area contributed by atoms with Crippen LogP contribution in [0.4, 0.5) is 10.1 Å². The highest BCUT2D eigenvalue weighted by atomic mass is 19.1. The van der Waals surface area contributed by atoms with Crippen LogP contribution in [0.25, 0.3) is 0 Å². The van der Waals surface area contributed by atoms with E-state index in [4.69, 9.17) is 0 Å². The molecule has 0 spiro atoms. The highest BCUT2D eigenvalue weighted by molar-refractivity contribution is 5.36. The smallest absolute Gasteiger partial charge is 0.305 e. The second kappa shape index (κ2) is 7.19. The third-order valence-corrected chi connectivity index (χ3v) is 3.18. The molecule has 106 valence electrons. The molecule has 1 N–H and O–H groups in total. The summed E-state index contributed by atoms with van der Waals surface area (Å²) in [6.07, 6.45) is 2.28. The van der Waals surface area contributed by atoms with Crippen LogP contribution in [-0.2, 0) is 6.42 Å². The normalized spacial score (nSPS) is 12.7. The molecule has 1 atom stereocenters. The van der Waals surface area contributed by atoms with Crippen LogP contribution in [0, 0.1) is 21.8 Å². The second-order valence-corrected chi connectivity index (χ2v) is 5.16. The van der Waals surface area contributed by atoms with Gasteiger partial charge >= 0.3 is 5.69 Å². The van der Waals surface area contributed by atoms with Crippen LogP contribution in [0.5, 0.6) is 0 Å². The maximum Gasteiger partial charge on any atom is 0.305 e. The summed E-state index contributed by atoms with van der Waals surface area (Å²) < 4.78 is 13.9. The van der Waals surface area contributed by atoms with Crippen LogP contribution in [0.2, 0.25) is 0 Å². The van der Waals surface area contributed by atoms with Crippen molar-refractivity contribution in [2.24, 2.45) is 5.92 Å². The van der Waals surface area contributed by atoms with E-state index in [1.165, 1.54) is 12.1 Å². The predicted molar refractivity (Wildman–Crippen MR) is 73.7 cm³/mol. The van der Waals surface area contributed by atoms with Gasteiger partial charge in [-0.1, -0.05) is 26.0 Å². The minimum absolute atomic E-state index is 0.304. The molecular formula is C14H21FN2O2. The summed E-state index contributed by atoms with van der Waals surface area (Å²) in [4.78, 5) is 9.99. The Hall–Kier alpha value is -1.49. The Bertz CT molecular complexity index is 435. The van der Waals surface area contributed by atoms with Crippen LogP contribution in [0.3, 0.4) is 0 Å². The Morgan fingerprint density at radius 2 is 2.11 bits per heavy atom. The van der Waals surface area contributed by atoms with Gasteiger partial charge in [-0.3, -0.25) is 10.1 Å². The van der Waals surface area contributed by atoms with E-state index in [9.17, 15) is 14.5 Å². The standard InChI is InChI=1S/C14H21FN2O2/c1-10(2)9-12(16-3)8-7-11-5-4-6-13(14(11)15)17(18)19/h4-6,10,12,16H,7-9H2,1-3H3. The molecule has 0 saturated heterocycles. The SMILES string of the molecule is CNC(CCc1cccc([N+](=O)[O-])c1F)CC(C)C. The molecule has 0 bridgehead atoms. The number of nitro benzene ring substituents is 1. The summed E-state index contributed by atoms with van der Waals surface area (Å²) in [7, 11) is 1.89. The average Bonchev–Trinajstić information content (AvgIpc) is 2.35. The van der Waals surface area contributed by atoms with Crippen LogP contribution in [0.1, 0.15) is 32.3 Å². The molecular weight excluding hydrogens is 247 g/mol. The zero-order valence-corrected chi connectivity index (χ0v) is 11.6. The number of nitrogens with one attached hydrogen (secondary N) is 1. The first kappa shape index (κ1) is 15.6. The number of hydrogen-bond donors (Lipinski definition) is 1.